The summed E-state index contributed by atoms with van der Waals surface area (Å²) in [7, 11) is 1.77. The lowest BCUT2D eigenvalue weighted by Gasteiger charge is -2.15. The minimum Gasteiger partial charge on any atom is -0.444 e. The second-order valence-corrected chi connectivity index (χ2v) is 5.80. The van der Waals surface area contributed by atoms with Crippen molar-refractivity contribution in [3.63, 3.8) is 0 Å². The molecule has 6 nitrogen and oxygen atoms in total. The average molecular weight is 468 g/mol. The van der Waals surface area contributed by atoms with E-state index in [0.717, 1.165) is 49.8 Å². The van der Waals surface area contributed by atoms with Gasteiger partial charge in [0.15, 0.2) is 5.96 Å². The second-order valence-electron chi connectivity index (χ2n) is 5.80. The summed E-state index contributed by atoms with van der Waals surface area (Å²) in [5.41, 5.74) is 3.26. The molecule has 1 aromatic heterocycles. The van der Waals surface area contributed by atoms with Crippen LogP contribution in [0.1, 0.15) is 18.5 Å². The standard InChI is InChI=1S/C19H24N4O2.HI/c1-20-19(21-10-7-15-8-11-24-12-9-15)22-13-17-14-25-18(23-17)16-5-3-2-4-6-16;/h2-6,8,14H,7,9-13H2,1H3,(H2,20,21,22);1H. The van der Waals surface area contributed by atoms with Crippen LogP contribution in [0.2, 0.25) is 0 Å². The van der Waals surface area contributed by atoms with E-state index in [0.29, 0.717) is 12.4 Å². The lowest BCUT2D eigenvalue weighted by molar-refractivity contribution is 0.153. The molecule has 26 heavy (non-hydrogen) atoms. The first-order valence-electron chi connectivity index (χ1n) is 8.55. The highest BCUT2D eigenvalue weighted by molar-refractivity contribution is 14.0. The Hall–Kier alpha value is -1.87. The third kappa shape index (κ3) is 6.14. The number of aromatic nitrogens is 1. The molecule has 0 amide bonds. The van der Waals surface area contributed by atoms with Crippen molar-refractivity contribution in [3.8, 4) is 11.5 Å². The van der Waals surface area contributed by atoms with E-state index in [1.165, 1.54) is 5.57 Å². The Morgan fingerprint density at radius 1 is 1.23 bits per heavy atom. The molecule has 2 N–H and O–H groups in total. The highest BCUT2D eigenvalue weighted by Gasteiger charge is 2.07. The number of oxazole rings is 1. The van der Waals surface area contributed by atoms with Gasteiger partial charge >= 0.3 is 0 Å². The summed E-state index contributed by atoms with van der Waals surface area (Å²) in [5, 5.41) is 6.58. The normalized spacial score (nSPS) is 14.3. The summed E-state index contributed by atoms with van der Waals surface area (Å²) in [6.07, 6.45) is 5.87. The van der Waals surface area contributed by atoms with Crippen molar-refractivity contribution in [2.75, 3.05) is 26.8 Å². The van der Waals surface area contributed by atoms with Crippen LogP contribution in [-0.2, 0) is 11.3 Å². The van der Waals surface area contributed by atoms with Gasteiger partial charge in [-0.15, -0.1) is 24.0 Å². The molecule has 0 atom stereocenters. The molecule has 1 aliphatic heterocycles. The van der Waals surface area contributed by atoms with Crippen LogP contribution in [0.25, 0.3) is 11.5 Å². The molecule has 1 aliphatic rings. The van der Waals surface area contributed by atoms with Crippen LogP contribution in [0.4, 0.5) is 0 Å². The minimum absolute atomic E-state index is 0. The molecule has 2 heterocycles. The van der Waals surface area contributed by atoms with Gasteiger partial charge < -0.3 is 19.8 Å². The van der Waals surface area contributed by atoms with Crippen molar-refractivity contribution < 1.29 is 9.15 Å². The predicted octanol–water partition coefficient (Wildman–Crippen LogP) is 3.36. The molecule has 0 bridgehead atoms. The molecule has 0 unspecified atom stereocenters. The first kappa shape index (κ1) is 20.4. The third-order valence-corrected chi connectivity index (χ3v) is 4.03. The Labute approximate surface area is 171 Å². The second kappa shape index (κ2) is 11.0. The molecule has 0 radical (unpaired) electrons. The minimum atomic E-state index is 0. The van der Waals surface area contributed by atoms with Crippen molar-refractivity contribution in [2.24, 2.45) is 4.99 Å². The molecule has 0 fully saturated rings. The molecule has 2 aromatic rings. The van der Waals surface area contributed by atoms with E-state index in [2.05, 4.69) is 26.7 Å². The number of hydrogen-bond acceptors (Lipinski definition) is 4. The largest absolute Gasteiger partial charge is 0.444 e. The maximum absolute atomic E-state index is 5.55. The number of halogens is 1. The van der Waals surface area contributed by atoms with Gasteiger partial charge in [-0.2, -0.15) is 0 Å². The van der Waals surface area contributed by atoms with Crippen molar-refractivity contribution in [1.82, 2.24) is 15.6 Å². The summed E-state index contributed by atoms with van der Waals surface area (Å²) in [5.74, 6) is 1.39. The Balaban J connectivity index is 0.00000243. The number of aliphatic imine (C=N–C) groups is 1. The summed E-state index contributed by atoms with van der Waals surface area (Å²) >= 11 is 0. The fourth-order valence-corrected chi connectivity index (χ4v) is 2.63. The molecule has 0 aliphatic carbocycles. The van der Waals surface area contributed by atoms with Crippen LogP contribution in [0.15, 0.2) is 57.7 Å². The SMILES string of the molecule is CN=C(NCCC1=CCOCC1)NCc1coc(-c2ccccc2)n1.I. The quantitative estimate of drug-likeness (QED) is 0.295. The van der Waals surface area contributed by atoms with Crippen molar-refractivity contribution in [3.05, 3.63) is 53.9 Å². The number of hydrogen-bond donors (Lipinski definition) is 2. The molecule has 7 heteroatoms. The van der Waals surface area contributed by atoms with E-state index >= 15 is 0 Å². The first-order chi connectivity index (χ1) is 12.3. The highest BCUT2D eigenvalue weighted by atomic mass is 127. The molecular weight excluding hydrogens is 443 g/mol. The maximum atomic E-state index is 5.55. The lowest BCUT2D eigenvalue weighted by atomic mass is 10.1. The summed E-state index contributed by atoms with van der Waals surface area (Å²) < 4.78 is 10.9. The van der Waals surface area contributed by atoms with E-state index in [9.17, 15) is 0 Å². The van der Waals surface area contributed by atoms with E-state index < -0.39 is 0 Å². The van der Waals surface area contributed by atoms with Crippen LogP contribution in [-0.4, -0.2) is 37.7 Å². The maximum Gasteiger partial charge on any atom is 0.226 e. The van der Waals surface area contributed by atoms with Gasteiger partial charge in [-0.05, 0) is 25.0 Å². The Kier molecular flexibility index (Phi) is 8.63. The number of benzene rings is 1. The zero-order valence-corrected chi connectivity index (χ0v) is 17.2. The van der Waals surface area contributed by atoms with Crippen LogP contribution >= 0.6 is 24.0 Å². The van der Waals surface area contributed by atoms with Crippen LogP contribution < -0.4 is 10.6 Å². The molecular formula is C19H25IN4O2. The first-order valence-corrected chi connectivity index (χ1v) is 8.55. The van der Waals surface area contributed by atoms with E-state index in [1.54, 1.807) is 13.3 Å². The Morgan fingerprint density at radius 3 is 2.81 bits per heavy atom. The molecule has 0 spiro atoms. The van der Waals surface area contributed by atoms with Gasteiger partial charge in [-0.3, -0.25) is 4.99 Å². The average Bonchev–Trinajstić information content (AvgIpc) is 3.15. The van der Waals surface area contributed by atoms with Gasteiger partial charge in [0.1, 0.15) is 6.26 Å². The van der Waals surface area contributed by atoms with Gasteiger partial charge in [0.25, 0.3) is 0 Å². The van der Waals surface area contributed by atoms with Crippen LogP contribution in [0, 0.1) is 0 Å². The Morgan fingerprint density at radius 2 is 2.08 bits per heavy atom. The number of rotatable bonds is 6. The molecule has 0 saturated carbocycles. The van der Waals surface area contributed by atoms with Gasteiger partial charge in [-0.1, -0.05) is 29.8 Å². The van der Waals surface area contributed by atoms with E-state index in [-0.39, 0.29) is 24.0 Å². The van der Waals surface area contributed by atoms with Gasteiger partial charge in [0.05, 0.1) is 25.5 Å². The topological polar surface area (TPSA) is 71.7 Å². The molecule has 3 rings (SSSR count). The van der Waals surface area contributed by atoms with Crippen LogP contribution in [0.3, 0.4) is 0 Å². The zero-order chi connectivity index (χ0) is 17.3. The predicted molar refractivity (Wildman–Crippen MR) is 114 cm³/mol. The van der Waals surface area contributed by atoms with Crippen LogP contribution in [0.5, 0.6) is 0 Å². The molecule has 0 saturated heterocycles. The number of guanidine groups is 1. The fourth-order valence-electron chi connectivity index (χ4n) is 2.63. The monoisotopic (exact) mass is 468 g/mol. The van der Waals surface area contributed by atoms with E-state index in [1.807, 2.05) is 30.3 Å². The summed E-state index contributed by atoms with van der Waals surface area (Å²) in [6, 6.07) is 9.87. The molecule has 140 valence electrons. The summed E-state index contributed by atoms with van der Waals surface area (Å²) in [6.45, 7) is 2.97. The fraction of sp³-hybridized carbons (Fsp3) is 0.368. The van der Waals surface area contributed by atoms with Gasteiger partial charge in [-0.25, -0.2) is 4.98 Å². The highest BCUT2D eigenvalue weighted by Crippen LogP contribution is 2.17. The van der Waals surface area contributed by atoms with Gasteiger partial charge in [0.2, 0.25) is 5.89 Å². The third-order valence-electron chi connectivity index (χ3n) is 4.03. The van der Waals surface area contributed by atoms with Crippen molar-refractivity contribution in [1.29, 1.82) is 0 Å². The number of nitrogens with one attached hydrogen (secondary N) is 2. The van der Waals surface area contributed by atoms with Gasteiger partial charge in [0, 0.05) is 19.2 Å². The zero-order valence-electron chi connectivity index (χ0n) is 14.9. The Bertz CT molecular complexity index is 728. The van der Waals surface area contributed by atoms with Crippen molar-refractivity contribution >= 4 is 29.9 Å². The number of ether oxygens (including phenoxy) is 1. The summed E-state index contributed by atoms with van der Waals surface area (Å²) in [4.78, 5) is 8.75. The van der Waals surface area contributed by atoms with Crippen molar-refractivity contribution in [2.45, 2.75) is 19.4 Å². The number of nitrogens with zero attached hydrogens (tertiary/aromatic N) is 2. The van der Waals surface area contributed by atoms with E-state index in [4.69, 9.17) is 9.15 Å². The smallest absolute Gasteiger partial charge is 0.226 e. The lowest BCUT2D eigenvalue weighted by Crippen LogP contribution is -2.37. The molecule has 1 aromatic carbocycles.